The maximum Gasteiger partial charge on any atom is 0.410 e. The molecular weight excluding hydrogens is 510 g/mol. The Morgan fingerprint density at radius 2 is 1.85 bits per heavy atom. The van der Waals surface area contributed by atoms with Crippen molar-refractivity contribution in [2.24, 2.45) is 0 Å². The van der Waals surface area contributed by atoms with E-state index >= 15 is 0 Å². The summed E-state index contributed by atoms with van der Waals surface area (Å²) in [6.45, 7) is 8.57. The SMILES string of the molecule is Cc1cc(Nc2ncnn3cnc(C4=CCN(C(=O)OC(C)(C)C)CC4)c23)ccc1Oc1ccn2ncnc2c1. The van der Waals surface area contributed by atoms with Crippen LogP contribution in [0.4, 0.5) is 16.3 Å². The second-order valence-corrected chi connectivity index (χ2v) is 10.5. The molecule has 0 aliphatic carbocycles. The minimum atomic E-state index is -0.534. The molecule has 0 radical (unpaired) electrons. The Morgan fingerprint density at radius 1 is 1.02 bits per heavy atom. The van der Waals surface area contributed by atoms with E-state index in [1.165, 1.54) is 12.7 Å². The van der Waals surface area contributed by atoms with Crippen LogP contribution in [0, 0.1) is 6.92 Å². The van der Waals surface area contributed by atoms with Gasteiger partial charge < -0.3 is 19.7 Å². The van der Waals surface area contributed by atoms with Gasteiger partial charge in [-0.05, 0) is 69.5 Å². The summed E-state index contributed by atoms with van der Waals surface area (Å²) in [5, 5.41) is 11.9. The molecule has 0 saturated carbocycles. The van der Waals surface area contributed by atoms with Crippen LogP contribution >= 0.6 is 0 Å². The van der Waals surface area contributed by atoms with Crippen molar-refractivity contribution in [3.05, 3.63) is 72.8 Å². The van der Waals surface area contributed by atoms with E-state index in [9.17, 15) is 4.79 Å². The average molecular weight is 540 g/mol. The number of nitrogens with one attached hydrogen (secondary N) is 1. The van der Waals surface area contributed by atoms with E-state index in [1.54, 1.807) is 20.3 Å². The summed E-state index contributed by atoms with van der Waals surface area (Å²) in [5.41, 5.74) is 4.55. The van der Waals surface area contributed by atoms with Gasteiger partial charge in [0, 0.05) is 31.0 Å². The van der Waals surface area contributed by atoms with Crippen molar-refractivity contribution in [2.75, 3.05) is 18.4 Å². The summed E-state index contributed by atoms with van der Waals surface area (Å²) < 4.78 is 15.0. The van der Waals surface area contributed by atoms with E-state index in [0.29, 0.717) is 36.7 Å². The predicted molar refractivity (Wildman–Crippen MR) is 149 cm³/mol. The third-order valence-corrected chi connectivity index (χ3v) is 6.42. The van der Waals surface area contributed by atoms with E-state index in [2.05, 4.69) is 30.5 Å². The third kappa shape index (κ3) is 5.15. The van der Waals surface area contributed by atoms with Crippen molar-refractivity contribution in [3.63, 3.8) is 0 Å². The molecule has 5 heterocycles. The summed E-state index contributed by atoms with van der Waals surface area (Å²) in [4.78, 5) is 27.5. The van der Waals surface area contributed by atoms with Crippen molar-refractivity contribution >= 4 is 34.3 Å². The van der Waals surface area contributed by atoms with Crippen molar-refractivity contribution in [2.45, 2.75) is 39.7 Å². The van der Waals surface area contributed by atoms with Gasteiger partial charge in [-0.1, -0.05) is 6.08 Å². The first-order chi connectivity index (χ1) is 19.2. The molecular formula is C28H29N9O3. The van der Waals surface area contributed by atoms with Crippen LogP contribution in [-0.2, 0) is 4.74 Å². The monoisotopic (exact) mass is 539 g/mol. The van der Waals surface area contributed by atoms with Gasteiger partial charge in [-0.25, -0.2) is 28.8 Å². The first kappa shape index (κ1) is 25.3. The van der Waals surface area contributed by atoms with Crippen molar-refractivity contribution in [3.8, 4) is 11.5 Å². The molecule has 1 N–H and O–H groups in total. The fraction of sp³-hybridized carbons (Fsp3) is 0.286. The molecule has 1 aliphatic rings. The standard InChI is InChI=1S/C28H29N9O3/c1-18-13-20(5-6-22(18)39-21-9-12-36-23(14-21)29-15-32-36)34-26-25-24(31-17-37(25)33-16-30-26)19-7-10-35(11-8-19)27(38)40-28(2,3)4/h5-7,9,12-17H,8,10-11H2,1-4H3,(H,30,33,34). The maximum absolute atomic E-state index is 12.5. The molecule has 0 bridgehead atoms. The largest absolute Gasteiger partial charge is 0.457 e. The zero-order valence-electron chi connectivity index (χ0n) is 22.7. The zero-order chi connectivity index (χ0) is 27.9. The molecule has 40 heavy (non-hydrogen) atoms. The highest BCUT2D eigenvalue weighted by Crippen LogP contribution is 2.32. The number of nitrogens with zero attached hydrogens (tertiary/aromatic N) is 8. The number of hydrogen-bond acceptors (Lipinski definition) is 9. The highest BCUT2D eigenvalue weighted by atomic mass is 16.6. The fourth-order valence-electron chi connectivity index (χ4n) is 4.52. The van der Waals surface area contributed by atoms with Crippen LogP contribution in [0.3, 0.4) is 0 Å². The molecule has 204 valence electrons. The Bertz CT molecular complexity index is 1750. The first-order valence-electron chi connectivity index (χ1n) is 12.9. The van der Waals surface area contributed by atoms with E-state index in [4.69, 9.17) is 9.47 Å². The second kappa shape index (κ2) is 9.95. The van der Waals surface area contributed by atoms with Gasteiger partial charge in [-0.3, -0.25) is 0 Å². The number of rotatable bonds is 5. The molecule has 0 spiro atoms. The van der Waals surface area contributed by atoms with Gasteiger partial charge in [-0.2, -0.15) is 10.2 Å². The van der Waals surface area contributed by atoms with E-state index in [0.717, 1.165) is 33.8 Å². The van der Waals surface area contributed by atoms with Crippen LogP contribution in [0.15, 0.2) is 61.6 Å². The Labute approximate surface area is 230 Å². The summed E-state index contributed by atoms with van der Waals surface area (Å²) in [5.74, 6) is 2.04. The van der Waals surface area contributed by atoms with Crippen LogP contribution in [0.25, 0.3) is 16.7 Å². The molecule has 1 amide bonds. The number of fused-ring (bicyclic) bond motifs is 2. The Morgan fingerprint density at radius 3 is 2.62 bits per heavy atom. The number of amides is 1. The van der Waals surface area contributed by atoms with E-state index in [-0.39, 0.29) is 6.09 Å². The number of aromatic nitrogens is 7. The lowest BCUT2D eigenvalue weighted by Crippen LogP contribution is -2.39. The normalized spacial score (nSPS) is 13.9. The number of anilines is 2. The molecule has 1 aromatic carbocycles. The lowest BCUT2D eigenvalue weighted by Gasteiger charge is -2.29. The molecule has 0 atom stereocenters. The molecule has 6 rings (SSSR count). The van der Waals surface area contributed by atoms with Gasteiger partial charge in [0.15, 0.2) is 11.5 Å². The van der Waals surface area contributed by atoms with Crippen molar-refractivity contribution in [1.29, 1.82) is 0 Å². The first-order valence-corrected chi connectivity index (χ1v) is 12.9. The number of pyridine rings is 1. The molecule has 12 nitrogen and oxygen atoms in total. The van der Waals surface area contributed by atoms with Gasteiger partial charge in [0.05, 0.1) is 5.69 Å². The van der Waals surface area contributed by atoms with Crippen LogP contribution in [0.5, 0.6) is 11.5 Å². The fourth-order valence-corrected chi connectivity index (χ4v) is 4.52. The lowest BCUT2D eigenvalue weighted by molar-refractivity contribution is 0.0270. The number of hydrogen-bond donors (Lipinski definition) is 1. The Kier molecular flexibility index (Phi) is 6.29. The van der Waals surface area contributed by atoms with Gasteiger partial charge in [-0.15, -0.1) is 0 Å². The molecule has 1 aliphatic heterocycles. The molecule has 4 aromatic heterocycles. The van der Waals surface area contributed by atoms with Crippen LogP contribution in [0.1, 0.15) is 38.4 Å². The van der Waals surface area contributed by atoms with Gasteiger partial charge in [0.25, 0.3) is 0 Å². The number of aryl methyl sites for hydroxylation is 1. The average Bonchev–Trinajstić information content (AvgIpc) is 3.57. The minimum Gasteiger partial charge on any atom is -0.457 e. The summed E-state index contributed by atoms with van der Waals surface area (Å²) in [6, 6.07) is 9.53. The topological polar surface area (TPSA) is 124 Å². The summed E-state index contributed by atoms with van der Waals surface area (Å²) >= 11 is 0. The van der Waals surface area contributed by atoms with E-state index in [1.807, 2.05) is 70.3 Å². The van der Waals surface area contributed by atoms with Gasteiger partial charge >= 0.3 is 6.09 Å². The number of benzene rings is 1. The third-order valence-electron chi connectivity index (χ3n) is 6.42. The van der Waals surface area contributed by atoms with Gasteiger partial charge in [0.2, 0.25) is 0 Å². The Hall–Kier alpha value is -5.00. The second-order valence-electron chi connectivity index (χ2n) is 10.5. The molecule has 5 aromatic rings. The van der Waals surface area contributed by atoms with Crippen LogP contribution < -0.4 is 10.1 Å². The van der Waals surface area contributed by atoms with Crippen LogP contribution in [-0.4, -0.2) is 63.9 Å². The van der Waals surface area contributed by atoms with Crippen LogP contribution in [0.2, 0.25) is 0 Å². The van der Waals surface area contributed by atoms with E-state index < -0.39 is 5.60 Å². The highest BCUT2D eigenvalue weighted by Gasteiger charge is 2.25. The smallest absolute Gasteiger partial charge is 0.410 e. The molecule has 0 fully saturated rings. The number of carbonyl (C=O) groups excluding carboxylic acids is 1. The summed E-state index contributed by atoms with van der Waals surface area (Å²) in [6.07, 6.45) is 8.82. The number of ether oxygens (including phenoxy) is 2. The highest BCUT2D eigenvalue weighted by molar-refractivity contribution is 5.86. The maximum atomic E-state index is 12.5. The predicted octanol–water partition coefficient (Wildman–Crippen LogP) is 5.04. The number of carbonyl (C=O) groups is 1. The molecule has 0 unspecified atom stereocenters. The molecule has 12 heteroatoms. The lowest BCUT2D eigenvalue weighted by atomic mass is 10.0. The Balaban J connectivity index is 1.21. The zero-order valence-corrected chi connectivity index (χ0v) is 22.7. The quantitative estimate of drug-likeness (QED) is 0.327. The minimum absolute atomic E-state index is 0.315. The van der Waals surface area contributed by atoms with Gasteiger partial charge in [0.1, 0.15) is 41.6 Å². The van der Waals surface area contributed by atoms with Crippen molar-refractivity contribution in [1.82, 2.24) is 39.1 Å². The summed E-state index contributed by atoms with van der Waals surface area (Å²) in [7, 11) is 0. The molecule has 0 saturated heterocycles. The number of imidazole rings is 1. The van der Waals surface area contributed by atoms with Crippen molar-refractivity contribution < 1.29 is 14.3 Å².